The molecule has 212 valence electrons. The molecule has 1 amide bonds. The quantitative estimate of drug-likeness (QED) is 0.411. The van der Waals surface area contributed by atoms with Gasteiger partial charge in [-0.3, -0.25) is 4.79 Å². The van der Waals surface area contributed by atoms with Gasteiger partial charge in [0.25, 0.3) is 5.91 Å². The molecule has 1 aliphatic heterocycles. The normalized spacial score (nSPS) is 27.9. The average molecular weight is 558 g/mol. The highest BCUT2D eigenvalue weighted by molar-refractivity contribution is 6.10. The third kappa shape index (κ3) is 4.39. The summed E-state index contributed by atoms with van der Waals surface area (Å²) in [5.74, 6) is 0.291. The molecule has 7 nitrogen and oxygen atoms in total. The lowest BCUT2D eigenvalue weighted by Crippen LogP contribution is -2.53. The Morgan fingerprint density at radius 1 is 1.15 bits per heavy atom. The minimum atomic E-state index is -4.63. The zero-order chi connectivity index (χ0) is 28.4. The number of anilines is 1. The maximum absolute atomic E-state index is 14.2. The van der Waals surface area contributed by atoms with Crippen LogP contribution in [0.3, 0.4) is 0 Å². The second kappa shape index (κ2) is 9.37. The van der Waals surface area contributed by atoms with E-state index in [9.17, 15) is 22.4 Å². The molecule has 0 bridgehead atoms. The Bertz CT molecular complexity index is 1460. The Kier molecular flexibility index (Phi) is 6.30. The molecule has 6 rings (SSSR count). The van der Waals surface area contributed by atoms with E-state index >= 15 is 0 Å². The van der Waals surface area contributed by atoms with E-state index < -0.39 is 34.8 Å². The number of carbonyl (C=O) groups is 1. The van der Waals surface area contributed by atoms with Gasteiger partial charge in [0.2, 0.25) is 0 Å². The number of aryl methyl sites for hydroxylation is 1. The summed E-state index contributed by atoms with van der Waals surface area (Å²) in [6.07, 6.45) is -1.89. The molecule has 2 fully saturated rings. The Hall–Kier alpha value is -3.31. The van der Waals surface area contributed by atoms with Crippen molar-refractivity contribution in [3.05, 3.63) is 76.4 Å². The van der Waals surface area contributed by atoms with E-state index in [2.05, 4.69) is 15.5 Å². The van der Waals surface area contributed by atoms with Crippen LogP contribution in [-0.4, -0.2) is 45.6 Å². The zero-order valence-corrected chi connectivity index (χ0v) is 22.6. The van der Waals surface area contributed by atoms with Crippen LogP contribution in [0.5, 0.6) is 0 Å². The van der Waals surface area contributed by atoms with Gasteiger partial charge in [-0.05, 0) is 73.6 Å². The molecule has 2 heterocycles. The Balaban J connectivity index is 1.32. The van der Waals surface area contributed by atoms with Crippen molar-refractivity contribution >= 4 is 11.6 Å². The van der Waals surface area contributed by atoms with E-state index in [-0.39, 0.29) is 30.3 Å². The predicted molar refractivity (Wildman–Crippen MR) is 140 cm³/mol. The molecule has 0 unspecified atom stereocenters. The van der Waals surface area contributed by atoms with Crippen LogP contribution >= 0.6 is 0 Å². The lowest BCUT2D eigenvalue weighted by molar-refractivity contribution is -0.138. The van der Waals surface area contributed by atoms with E-state index in [1.807, 2.05) is 36.7 Å². The number of ether oxygens (including phenoxy) is 1. The molecule has 1 aromatic heterocycles. The topological polar surface area (TPSA) is 72.3 Å². The molecule has 1 N–H and O–H groups in total. The van der Waals surface area contributed by atoms with Crippen LogP contribution in [0.1, 0.15) is 71.0 Å². The molecule has 0 saturated heterocycles. The Morgan fingerprint density at radius 3 is 2.52 bits per heavy atom. The molecule has 2 saturated carbocycles. The van der Waals surface area contributed by atoms with Crippen molar-refractivity contribution in [2.45, 2.75) is 75.1 Å². The molecule has 40 heavy (non-hydrogen) atoms. The van der Waals surface area contributed by atoms with Gasteiger partial charge in [-0.2, -0.15) is 13.2 Å². The van der Waals surface area contributed by atoms with Crippen molar-refractivity contribution in [1.82, 2.24) is 20.1 Å². The molecular formula is C29H31F4N5O2. The summed E-state index contributed by atoms with van der Waals surface area (Å²) in [5, 5.41) is 11.6. The minimum Gasteiger partial charge on any atom is -0.381 e. The molecule has 2 aromatic carbocycles. The molecular weight excluding hydrogens is 526 g/mol. The fraction of sp³-hybridized carbons (Fsp3) is 0.483. The molecule has 3 aliphatic rings. The summed E-state index contributed by atoms with van der Waals surface area (Å²) < 4.78 is 63.4. The van der Waals surface area contributed by atoms with E-state index in [4.69, 9.17) is 4.74 Å². The standard InChI is InChI=1S/C29H31F4N5O2/c1-27(10-19(30)11-27)34-14-17-7-22-23(24(8-17)29(31,32)33)15-38(25(22)39)20-6-4-5-18(9-20)28(12-21(13-28)40-3)26-36-35-16-37(26)2/h4-9,16,19,21,34H,10-15H2,1-3H3. The third-order valence-electron chi connectivity index (χ3n) is 8.81. The fourth-order valence-corrected chi connectivity index (χ4v) is 6.53. The summed E-state index contributed by atoms with van der Waals surface area (Å²) in [7, 11) is 3.53. The number of nitrogens with one attached hydrogen (secondary N) is 1. The monoisotopic (exact) mass is 557 g/mol. The summed E-state index contributed by atoms with van der Waals surface area (Å²) in [6, 6.07) is 10.0. The smallest absolute Gasteiger partial charge is 0.381 e. The van der Waals surface area contributed by atoms with E-state index in [1.54, 1.807) is 19.5 Å². The van der Waals surface area contributed by atoms with Crippen LogP contribution in [0.4, 0.5) is 23.2 Å². The maximum atomic E-state index is 14.2. The third-order valence-corrected chi connectivity index (χ3v) is 8.81. The van der Waals surface area contributed by atoms with Gasteiger partial charge in [-0.1, -0.05) is 12.1 Å². The van der Waals surface area contributed by atoms with Crippen LogP contribution in [0.25, 0.3) is 0 Å². The number of hydrogen-bond donors (Lipinski definition) is 1. The first-order chi connectivity index (χ1) is 18.9. The van der Waals surface area contributed by atoms with Crippen molar-refractivity contribution in [2.75, 3.05) is 12.0 Å². The second-order valence-corrected chi connectivity index (χ2v) is 11.6. The van der Waals surface area contributed by atoms with Gasteiger partial charge < -0.3 is 19.5 Å². The maximum Gasteiger partial charge on any atom is 0.416 e. The van der Waals surface area contributed by atoms with Crippen LogP contribution in [0.2, 0.25) is 0 Å². The van der Waals surface area contributed by atoms with Gasteiger partial charge in [-0.25, -0.2) is 4.39 Å². The number of methoxy groups -OCH3 is 1. The number of halogens is 4. The van der Waals surface area contributed by atoms with Gasteiger partial charge in [0.05, 0.1) is 23.6 Å². The number of amides is 1. The van der Waals surface area contributed by atoms with Gasteiger partial charge in [0.15, 0.2) is 0 Å². The van der Waals surface area contributed by atoms with Gasteiger partial charge in [0, 0.05) is 37.5 Å². The van der Waals surface area contributed by atoms with E-state index in [0.29, 0.717) is 36.9 Å². The molecule has 11 heteroatoms. The number of nitrogens with zero attached hydrogens (tertiary/aromatic N) is 4. The summed E-state index contributed by atoms with van der Waals surface area (Å²) in [4.78, 5) is 15.0. The highest BCUT2D eigenvalue weighted by Crippen LogP contribution is 2.50. The summed E-state index contributed by atoms with van der Waals surface area (Å²) in [6.45, 7) is 1.79. The first-order valence-corrected chi connectivity index (χ1v) is 13.3. The fourth-order valence-electron chi connectivity index (χ4n) is 6.53. The Labute approximate surface area is 229 Å². The molecule has 0 spiro atoms. The lowest BCUT2D eigenvalue weighted by atomic mass is 9.62. The first-order valence-electron chi connectivity index (χ1n) is 13.3. The average Bonchev–Trinajstić information content (AvgIpc) is 3.44. The number of alkyl halides is 4. The van der Waals surface area contributed by atoms with Crippen LogP contribution in [-0.2, 0) is 36.5 Å². The van der Waals surface area contributed by atoms with Gasteiger partial charge in [0.1, 0.15) is 18.3 Å². The molecule has 2 aliphatic carbocycles. The van der Waals surface area contributed by atoms with E-state index in [0.717, 1.165) is 17.5 Å². The van der Waals surface area contributed by atoms with E-state index in [1.165, 1.54) is 11.0 Å². The molecule has 0 radical (unpaired) electrons. The summed E-state index contributed by atoms with van der Waals surface area (Å²) in [5.41, 5.74) is 0.0259. The predicted octanol–water partition coefficient (Wildman–Crippen LogP) is 5.07. The largest absolute Gasteiger partial charge is 0.416 e. The number of rotatable bonds is 7. The Morgan fingerprint density at radius 2 is 1.90 bits per heavy atom. The lowest BCUT2D eigenvalue weighted by Gasteiger charge is -2.46. The van der Waals surface area contributed by atoms with Crippen LogP contribution < -0.4 is 10.2 Å². The first kappa shape index (κ1) is 26.9. The number of aromatic nitrogens is 3. The highest BCUT2D eigenvalue weighted by Gasteiger charge is 2.50. The molecule has 0 atom stereocenters. The van der Waals surface area contributed by atoms with Gasteiger partial charge in [-0.15, -0.1) is 10.2 Å². The zero-order valence-electron chi connectivity index (χ0n) is 22.6. The van der Waals surface area contributed by atoms with Crippen molar-refractivity contribution in [3.8, 4) is 0 Å². The van der Waals surface area contributed by atoms with Crippen molar-refractivity contribution in [2.24, 2.45) is 7.05 Å². The SMILES string of the molecule is COC1CC(c2cccc(N3Cc4c(cc(CNC5(C)CC(F)C5)cc4C(F)(F)F)C3=O)c2)(c2nncn2C)C1. The van der Waals surface area contributed by atoms with Crippen molar-refractivity contribution in [1.29, 1.82) is 0 Å². The summed E-state index contributed by atoms with van der Waals surface area (Å²) >= 11 is 0. The number of benzene rings is 2. The number of fused-ring (bicyclic) bond motifs is 1. The molecule has 3 aromatic rings. The van der Waals surface area contributed by atoms with Crippen molar-refractivity contribution < 1.29 is 27.1 Å². The minimum absolute atomic E-state index is 0.0311. The van der Waals surface area contributed by atoms with Gasteiger partial charge >= 0.3 is 6.18 Å². The number of carbonyl (C=O) groups excluding carboxylic acids is 1. The second-order valence-electron chi connectivity index (χ2n) is 11.6. The van der Waals surface area contributed by atoms with Crippen molar-refractivity contribution in [3.63, 3.8) is 0 Å². The van der Waals surface area contributed by atoms with Crippen LogP contribution in [0.15, 0.2) is 42.7 Å². The van der Waals surface area contributed by atoms with Crippen LogP contribution in [0, 0.1) is 0 Å². The highest BCUT2D eigenvalue weighted by atomic mass is 19.4. The number of hydrogen-bond acceptors (Lipinski definition) is 5.